The van der Waals surface area contributed by atoms with Gasteiger partial charge in [-0.1, -0.05) is 77.0 Å². The van der Waals surface area contributed by atoms with Gasteiger partial charge >= 0.3 is 11.9 Å². The van der Waals surface area contributed by atoms with Crippen LogP contribution in [-0.2, 0) is 33.5 Å². The molecule has 0 bridgehead atoms. The molecule has 1 aromatic rings. The van der Waals surface area contributed by atoms with Crippen molar-refractivity contribution in [1.29, 1.82) is 0 Å². The number of aryl methyl sites for hydroxylation is 1. The molecule has 0 amide bonds. The molecule has 10 heteroatoms. The number of piperidine rings is 1. The molecule has 1 aromatic carbocycles. The summed E-state index contributed by atoms with van der Waals surface area (Å²) in [7, 11) is -6.17. The van der Waals surface area contributed by atoms with E-state index in [1.807, 2.05) is 25.1 Å². The number of fused-ring (bicyclic) bond motifs is 2. The maximum Gasteiger partial charge on any atom is 0.327 e. The fraction of sp³-hybridized carbons (Fsp3) is 0.684. The summed E-state index contributed by atoms with van der Waals surface area (Å²) >= 11 is 0. The lowest BCUT2D eigenvalue weighted by atomic mass is 9.60. The van der Waals surface area contributed by atoms with E-state index in [0.29, 0.717) is 49.0 Å². The third-order valence-electron chi connectivity index (χ3n) is 12.2. The van der Waals surface area contributed by atoms with Crippen LogP contribution < -0.4 is 0 Å². The number of carbonyl (C=O) groups excluding carboxylic acids is 2. The molecule has 4 aliphatic rings. The Labute approximate surface area is 289 Å². The van der Waals surface area contributed by atoms with Crippen molar-refractivity contribution in [3.05, 3.63) is 53.1 Å². The van der Waals surface area contributed by atoms with Crippen molar-refractivity contribution in [3.63, 3.8) is 0 Å². The lowest BCUT2D eigenvalue weighted by Gasteiger charge is -2.52. The van der Waals surface area contributed by atoms with E-state index in [2.05, 4.69) is 54.5 Å². The standard InChI is InChI=1S/C38H57NO7SSi/c1-11-44-35(40)38(36(41)45-12-2)22-30-19-28(10)20-33(46-48(24(3)4,25(5)6)26(7)8)37(30)21-29-23-39(18-17-32(29)34(37)38)47(42,43)31-15-13-27(9)14-16-31/h13-16,19,22,24-26,29,32-34H,11-12,17-18,20-21,23H2,1-10H3/t29-,32+,33-,34-,37-/m1/s1. The van der Waals surface area contributed by atoms with E-state index in [4.69, 9.17) is 13.9 Å². The minimum atomic E-state index is -3.74. The molecule has 2 fully saturated rings. The van der Waals surface area contributed by atoms with E-state index in [0.717, 1.165) is 16.7 Å². The lowest BCUT2D eigenvalue weighted by molar-refractivity contribution is -0.176. The molecule has 5 rings (SSSR count). The second-order valence-electron chi connectivity index (χ2n) is 15.6. The van der Waals surface area contributed by atoms with Crippen molar-refractivity contribution < 1.29 is 31.9 Å². The summed E-state index contributed by atoms with van der Waals surface area (Å²) in [5.74, 6) is -1.81. The number of sulfonamides is 1. The Balaban J connectivity index is 1.69. The van der Waals surface area contributed by atoms with Gasteiger partial charge in [0.15, 0.2) is 5.41 Å². The van der Waals surface area contributed by atoms with Crippen LogP contribution in [0.1, 0.15) is 87.1 Å². The second-order valence-corrected chi connectivity index (χ2v) is 23.0. The van der Waals surface area contributed by atoms with Crippen molar-refractivity contribution in [2.75, 3.05) is 26.3 Å². The summed E-state index contributed by atoms with van der Waals surface area (Å²) < 4.78 is 48.8. The van der Waals surface area contributed by atoms with Crippen LogP contribution in [0, 0.1) is 35.5 Å². The van der Waals surface area contributed by atoms with Gasteiger partial charge in [-0.3, -0.25) is 9.59 Å². The first-order valence-corrected chi connectivity index (χ1v) is 21.6. The zero-order valence-electron chi connectivity index (χ0n) is 30.7. The minimum Gasteiger partial charge on any atom is -0.465 e. The van der Waals surface area contributed by atoms with Crippen molar-refractivity contribution in [3.8, 4) is 0 Å². The third kappa shape index (κ3) is 5.57. The molecule has 1 saturated heterocycles. The van der Waals surface area contributed by atoms with E-state index in [-0.39, 0.29) is 36.0 Å². The van der Waals surface area contributed by atoms with Crippen molar-refractivity contribution in [2.45, 2.75) is 116 Å². The lowest BCUT2D eigenvalue weighted by Crippen LogP contribution is -2.58. The van der Waals surface area contributed by atoms with Gasteiger partial charge in [-0.05, 0) is 93.1 Å². The van der Waals surface area contributed by atoms with Crippen molar-refractivity contribution >= 4 is 30.3 Å². The van der Waals surface area contributed by atoms with Crippen LogP contribution in [0.25, 0.3) is 0 Å². The van der Waals surface area contributed by atoms with Gasteiger partial charge < -0.3 is 13.9 Å². The largest absolute Gasteiger partial charge is 0.465 e. The molecular formula is C38H57NO7SSi. The first-order chi connectivity index (χ1) is 22.5. The Bertz CT molecular complexity index is 1520. The molecule has 5 atom stereocenters. The van der Waals surface area contributed by atoms with Crippen LogP contribution in [-0.4, -0.2) is 65.4 Å². The van der Waals surface area contributed by atoms with Crippen LogP contribution >= 0.6 is 0 Å². The summed E-state index contributed by atoms with van der Waals surface area (Å²) in [6.45, 7) is 22.2. The van der Waals surface area contributed by atoms with Gasteiger partial charge in [-0.25, -0.2) is 8.42 Å². The molecule has 266 valence electrons. The second kappa shape index (κ2) is 13.5. The Morgan fingerprint density at radius 1 is 0.938 bits per heavy atom. The number of rotatable bonds is 11. The number of ether oxygens (including phenoxy) is 2. The summed E-state index contributed by atoms with van der Waals surface area (Å²) in [5, 5.41) is 0. The fourth-order valence-corrected chi connectivity index (χ4v) is 17.6. The minimum absolute atomic E-state index is 0.0815. The van der Waals surface area contributed by atoms with Crippen LogP contribution in [0.15, 0.2) is 52.5 Å². The first-order valence-electron chi connectivity index (χ1n) is 18.0. The van der Waals surface area contributed by atoms with E-state index < -0.39 is 47.0 Å². The van der Waals surface area contributed by atoms with E-state index in [1.54, 1.807) is 30.3 Å². The molecule has 1 saturated carbocycles. The summed E-state index contributed by atoms with van der Waals surface area (Å²) in [5.41, 5.74) is 1.80. The monoisotopic (exact) mass is 699 g/mol. The molecule has 3 aliphatic carbocycles. The molecule has 1 spiro atoms. The predicted molar refractivity (Wildman–Crippen MR) is 190 cm³/mol. The van der Waals surface area contributed by atoms with Crippen LogP contribution in [0.3, 0.4) is 0 Å². The zero-order valence-corrected chi connectivity index (χ0v) is 32.5. The summed E-state index contributed by atoms with van der Waals surface area (Å²) in [4.78, 5) is 29.0. The van der Waals surface area contributed by atoms with Crippen LogP contribution in [0.5, 0.6) is 0 Å². The summed E-state index contributed by atoms with van der Waals surface area (Å²) in [6.07, 6.45) is 5.62. The molecule has 48 heavy (non-hydrogen) atoms. The Morgan fingerprint density at radius 2 is 1.50 bits per heavy atom. The molecule has 8 nitrogen and oxygen atoms in total. The van der Waals surface area contributed by atoms with E-state index in [1.165, 1.54) is 0 Å². The average Bonchev–Trinajstić information content (AvgIpc) is 3.50. The summed E-state index contributed by atoms with van der Waals surface area (Å²) in [6, 6.07) is 7.02. The van der Waals surface area contributed by atoms with E-state index in [9.17, 15) is 18.0 Å². The topological polar surface area (TPSA) is 99.2 Å². The maximum absolute atomic E-state index is 14.3. The van der Waals surface area contributed by atoms with Gasteiger partial charge in [0, 0.05) is 24.4 Å². The number of carbonyl (C=O) groups is 2. The number of hydrogen-bond acceptors (Lipinski definition) is 7. The highest BCUT2D eigenvalue weighted by molar-refractivity contribution is 7.89. The average molecular weight is 700 g/mol. The number of nitrogens with zero attached hydrogens (tertiary/aromatic N) is 1. The van der Waals surface area contributed by atoms with Gasteiger partial charge in [0.05, 0.1) is 24.2 Å². The highest BCUT2D eigenvalue weighted by Gasteiger charge is 2.75. The molecule has 1 heterocycles. The van der Waals surface area contributed by atoms with Crippen molar-refractivity contribution in [1.82, 2.24) is 4.31 Å². The Kier molecular flexibility index (Phi) is 10.4. The van der Waals surface area contributed by atoms with Crippen LogP contribution in [0.4, 0.5) is 0 Å². The SMILES string of the molecule is CCOC(=O)C1(C(=O)OCC)C=C2C=C(C)C[C@@H](O[Si](C(C)C)(C(C)C)C(C)C)[C@@]23C[C@@H]2CN(S(=O)(=O)c4ccc(C)cc4)CC[C@@H]2[C@@H]13. The first kappa shape index (κ1) is 37.0. The van der Waals surface area contributed by atoms with Gasteiger partial charge in [0.1, 0.15) is 0 Å². The normalized spacial score (nSPS) is 28.5. The van der Waals surface area contributed by atoms with E-state index >= 15 is 0 Å². The number of allylic oxidation sites excluding steroid dienone is 1. The number of hydrogen-bond donors (Lipinski definition) is 0. The highest BCUT2D eigenvalue weighted by atomic mass is 32.2. The Hall–Kier alpha value is -2.27. The maximum atomic E-state index is 14.3. The number of esters is 2. The molecule has 0 aromatic heterocycles. The van der Waals surface area contributed by atoms with Gasteiger partial charge in [-0.15, -0.1) is 0 Å². The molecule has 0 N–H and O–H groups in total. The molecule has 0 unspecified atom stereocenters. The molecular weight excluding hydrogens is 643 g/mol. The number of benzene rings is 1. The molecule has 1 aliphatic heterocycles. The fourth-order valence-electron chi connectivity index (χ4n) is 10.5. The van der Waals surface area contributed by atoms with Crippen LogP contribution in [0.2, 0.25) is 16.6 Å². The van der Waals surface area contributed by atoms with Gasteiger partial charge in [-0.2, -0.15) is 4.31 Å². The zero-order chi connectivity index (χ0) is 35.4. The highest BCUT2D eigenvalue weighted by Crippen LogP contribution is 2.72. The smallest absolute Gasteiger partial charge is 0.327 e. The van der Waals surface area contributed by atoms with Gasteiger partial charge in [0.25, 0.3) is 0 Å². The molecule has 0 radical (unpaired) electrons. The predicted octanol–water partition coefficient (Wildman–Crippen LogP) is 7.59. The third-order valence-corrected chi connectivity index (χ3v) is 20.2. The Morgan fingerprint density at radius 3 is 2.02 bits per heavy atom. The van der Waals surface area contributed by atoms with Gasteiger partial charge in [0.2, 0.25) is 18.3 Å². The quantitative estimate of drug-likeness (QED) is 0.133. The van der Waals surface area contributed by atoms with Crippen molar-refractivity contribution in [2.24, 2.45) is 28.6 Å².